The van der Waals surface area contributed by atoms with Gasteiger partial charge in [0.05, 0.1) is 0 Å². The van der Waals surface area contributed by atoms with Gasteiger partial charge in [-0.05, 0) is 31.4 Å². The van der Waals surface area contributed by atoms with Crippen LogP contribution < -0.4 is 4.90 Å². The minimum atomic E-state index is 0.248. The molecule has 2 nitrogen and oxygen atoms in total. The van der Waals surface area contributed by atoms with Crippen LogP contribution in [0.5, 0.6) is 0 Å². The van der Waals surface area contributed by atoms with Crippen molar-refractivity contribution in [2.75, 3.05) is 19.0 Å². The molecule has 0 amide bonds. The molecule has 0 saturated carbocycles. The molecule has 0 fully saturated rings. The molecular formula is C16H23NO. The summed E-state index contributed by atoms with van der Waals surface area (Å²) in [4.78, 5) is 14.0. The Morgan fingerprint density at radius 3 is 2.72 bits per heavy atom. The van der Waals surface area contributed by atoms with Gasteiger partial charge in [-0.1, -0.05) is 24.6 Å². The number of unbranched alkanes of at least 4 members (excludes halogenated alkanes) is 3. The standard InChI is InChI=1S/C16H23NO/c1-4-5-6-7-8-12-16(18)14-10-9-11-15(13-14)17(2)3/h4,9-11,13H,1,5-8,12H2,2-3H3. The number of hydrogen-bond donors (Lipinski definition) is 0. The molecule has 0 aliphatic carbocycles. The summed E-state index contributed by atoms with van der Waals surface area (Å²) < 4.78 is 0. The Labute approximate surface area is 110 Å². The van der Waals surface area contributed by atoms with Crippen molar-refractivity contribution in [1.29, 1.82) is 0 Å². The minimum Gasteiger partial charge on any atom is -0.378 e. The molecule has 0 heterocycles. The predicted molar refractivity (Wildman–Crippen MR) is 78.4 cm³/mol. The number of benzene rings is 1. The van der Waals surface area contributed by atoms with Crippen molar-refractivity contribution in [2.24, 2.45) is 0 Å². The highest BCUT2D eigenvalue weighted by Crippen LogP contribution is 2.16. The first-order valence-electron chi connectivity index (χ1n) is 6.56. The number of Topliss-reactive ketones (excluding diaryl/α,β-unsaturated/α-hetero) is 1. The molecule has 98 valence electrons. The second-order valence-electron chi connectivity index (χ2n) is 4.76. The minimum absolute atomic E-state index is 0.248. The van der Waals surface area contributed by atoms with Crippen LogP contribution in [0.1, 0.15) is 42.5 Å². The Morgan fingerprint density at radius 1 is 1.28 bits per heavy atom. The molecule has 0 unspecified atom stereocenters. The van der Waals surface area contributed by atoms with Gasteiger partial charge in [0.2, 0.25) is 0 Å². The molecule has 0 spiro atoms. The molecule has 1 rings (SSSR count). The van der Waals surface area contributed by atoms with Crippen LogP contribution in [0.15, 0.2) is 36.9 Å². The zero-order valence-electron chi connectivity index (χ0n) is 11.5. The number of nitrogens with zero attached hydrogens (tertiary/aromatic N) is 1. The predicted octanol–water partition coefficient (Wildman–Crippen LogP) is 4.07. The molecule has 2 heteroatoms. The zero-order valence-corrected chi connectivity index (χ0v) is 11.5. The number of carbonyl (C=O) groups excluding carboxylic acids is 1. The fraction of sp³-hybridized carbons (Fsp3) is 0.438. The van der Waals surface area contributed by atoms with Crippen LogP contribution in [0.4, 0.5) is 5.69 Å². The van der Waals surface area contributed by atoms with Gasteiger partial charge in [-0.25, -0.2) is 0 Å². The maximum atomic E-state index is 12.0. The molecule has 1 aromatic rings. The van der Waals surface area contributed by atoms with Crippen LogP contribution in [-0.4, -0.2) is 19.9 Å². The lowest BCUT2D eigenvalue weighted by Crippen LogP contribution is -2.09. The monoisotopic (exact) mass is 245 g/mol. The lowest BCUT2D eigenvalue weighted by Gasteiger charge is -2.13. The number of ketones is 1. The fourth-order valence-electron chi connectivity index (χ4n) is 1.85. The number of rotatable bonds is 8. The van der Waals surface area contributed by atoms with Crippen LogP contribution in [0, 0.1) is 0 Å². The van der Waals surface area contributed by atoms with E-state index >= 15 is 0 Å². The molecule has 0 N–H and O–H groups in total. The van der Waals surface area contributed by atoms with Crippen LogP contribution in [0.2, 0.25) is 0 Å². The van der Waals surface area contributed by atoms with Crippen molar-refractivity contribution in [3.8, 4) is 0 Å². The van der Waals surface area contributed by atoms with E-state index in [9.17, 15) is 4.79 Å². The van der Waals surface area contributed by atoms with Gasteiger partial charge in [-0.2, -0.15) is 0 Å². The largest absolute Gasteiger partial charge is 0.378 e. The third-order valence-electron chi connectivity index (χ3n) is 3.00. The van der Waals surface area contributed by atoms with Gasteiger partial charge in [0.1, 0.15) is 0 Å². The van der Waals surface area contributed by atoms with E-state index in [2.05, 4.69) is 6.58 Å². The highest BCUT2D eigenvalue weighted by Gasteiger charge is 2.06. The Bertz CT molecular complexity index is 396. The average Bonchev–Trinajstić information content (AvgIpc) is 2.38. The maximum absolute atomic E-state index is 12.0. The zero-order chi connectivity index (χ0) is 13.4. The summed E-state index contributed by atoms with van der Waals surface area (Å²) in [7, 11) is 3.97. The van der Waals surface area contributed by atoms with Crippen molar-refractivity contribution in [2.45, 2.75) is 32.1 Å². The van der Waals surface area contributed by atoms with Gasteiger partial charge in [0.25, 0.3) is 0 Å². The molecule has 1 aromatic carbocycles. The van der Waals surface area contributed by atoms with Gasteiger partial charge in [0.15, 0.2) is 5.78 Å². The van der Waals surface area contributed by atoms with E-state index in [1.165, 1.54) is 0 Å². The van der Waals surface area contributed by atoms with Crippen molar-refractivity contribution in [1.82, 2.24) is 0 Å². The van der Waals surface area contributed by atoms with Gasteiger partial charge in [-0.15, -0.1) is 6.58 Å². The molecule has 0 saturated heterocycles. The lowest BCUT2D eigenvalue weighted by atomic mass is 10.0. The highest BCUT2D eigenvalue weighted by atomic mass is 16.1. The van der Waals surface area contributed by atoms with Crippen LogP contribution in [0.25, 0.3) is 0 Å². The average molecular weight is 245 g/mol. The van der Waals surface area contributed by atoms with Gasteiger partial charge >= 0.3 is 0 Å². The summed E-state index contributed by atoms with van der Waals surface area (Å²) in [6.45, 7) is 3.70. The summed E-state index contributed by atoms with van der Waals surface area (Å²) in [6.07, 6.45) is 6.83. The third-order valence-corrected chi connectivity index (χ3v) is 3.00. The fourth-order valence-corrected chi connectivity index (χ4v) is 1.85. The molecule has 0 bridgehead atoms. The van der Waals surface area contributed by atoms with Crippen molar-refractivity contribution in [3.63, 3.8) is 0 Å². The maximum Gasteiger partial charge on any atom is 0.162 e. The number of carbonyl (C=O) groups is 1. The Morgan fingerprint density at radius 2 is 2.06 bits per heavy atom. The summed E-state index contributed by atoms with van der Waals surface area (Å²) in [5, 5.41) is 0. The van der Waals surface area contributed by atoms with Crippen molar-refractivity contribution < 1.29 is 4.79 Å². The first kappa shape index (κ1) is 14.5. The SMILES string of the molecule is C=CCCCCCC(=O)c1cccc(N(C)C)c1. The van der Waals surface area contributed by atoms with E-state index in [0.717, 1.165) is 36.9 Å². The number of hydrogen-bond acceptors (Lipinski definition) is 2. The van der Waals surface area contributed by atoms with Crippen molar-refractivity contribution in [3.05, 3.63) is 42.5 Å². The quantitative estimate of drug-likeness (QED) is 0.391. The molecule has 0 aromatic heterocycles. The van der Waals surface area contributed by atoms with Crippen LogP contribution in [-0.2, 0) is 0 Å². The summed E-state index contributed by atoms with van der Waals surface area (Å²) in [5.41, 5.74) is 1.90. The molecule has 0 aliphatic rings. The summed E-state index contributed by atoms with van der Waals surface area (Å²) in [6, 6.07) is 7.83. The molecule has 0 atom stereocenters. The van der Waals surface area contributed by atoms with Crippen molar-refractivity contribution >= 4 is 11.5 Å². The number of allylic oxidation sites excluding steroid dienone is 1. The Kier molecular flexibility index (Phi) is 6.20. The van der Waals surface area contributed by atoms with E-state index in [4.69, 9.17) is 0 Å². The van der Waals surface area contributed by atoms with Gasteiger partial charge < -0.3 is 4.90 Å². The topological polar surface area (TPSA) is 20.3 Å². The molecular weight excluding hydrogens is 222 g/mol. The highest BCUT2D eigenvalue weighted by molar-refractivity contribution is 5.96. The first-order chi connectivity index (χ1) is 8.65. The summed E-state index contributed by atoms with van der Waals surface area (Å²) >= 11 is 0. The lowest BCUT2D eigenvalue weighted by molar-refractivity contribution is 0.0979. The molecule has 18 heavy (non-hydrogen) atoms. The Balaban J connectivity index is 2.46. The first-order valence-corrected chi connectivity index (χ1v) is 6.56. The van der Waals surface area contributed by atoms with E-state index < -0.39 is 0 Å². The second kappa shape index (κ2) is 7.70. The van der Waals surface area contributed by atoms with E-state index in [-0.39, 0.29) is 5.78 Å². The van der Waals surface area contributed by atoms with Crippen LogP contribution in [0.3, 0.4) is 0 Å². The van der Waals surface area contributed by atoms with Gasteiger partial charge in [-0.3, -0.25) is 4.79 Å². The van der Waals surface area contributed by atoms with Gasteiger partial charge in [0, 0.05) is 31.8 Å². The third kappa shape index (κ3) is 4.74. The smallest absolute Gasteiger partial charge is 0.162 e. The van der Waals surface area contributed by atoms with E-state index in [0.29, 0.717) is 6.42 Å². The number of anilines is 1. The molecule has 0 aliphatic heterocycles. The van der Waals surface area contributed by atoms with E-state index in [1.54, 1.807) is 0 Å². The van der Waals surface area contributed by atoms with Crippen LogP contribution >= 0.6 is 0 Å². The molecule has 0 radical (unpaired) electrons. The Hall–Kier alpha value is -1.57. The van der Waals surface area contributed by atoms with E-state index in [1.807, 2.05) is 49.3 Å². The normalized spacial score (nSPS) is 10.1. The summed E-state index contributed by atoms with van der Waals surface area (Å²) in [5.74, 6) is 0.248. The second-order valence-corrected chi connectivity index (χ2v) is 4.76.